The highest BCUT2D eigenvalue weighted by molar-refractivity contribution is 7.85. The molecule has 10 aromatic carbocycles. The summed E-state index contributed by atoms with van der Waals surface area (Å²) in [6.45, 7) is 0. The molecule has 330 valence electrons. The molecule has 3 atom stereocenters. The van der Waals surface area contributed by atoms with E-state index in [9.17, 15) is 0 Å². The molecule has 0 bridgehead atoms. The minimum atomic E-state index is -3.47. The van der Waals surface area contributed by atoms with Gasteiger partial charge in [-0.05, 0) is 74.3 Å². The molecule has 5 nitrogen and oxygen atoms in total. The van der Waals surface area contributed by atoms with Crippen molar-refractivity contribution in [2.24, 2.45) is 9.98 Å². The van der Waals surface area contributed by atoms with Crippen molar-refractivity contribution in [3.63, 3.8) is 0 Å². The van der Waals surface area contributed by atoms with Gasteiger partial charge in [-0.2, -0.15) is 0 Å². The average Bonchev–Trinajstić information content (AvgIpc) is 3.79. The SMILES string of the molecule is O=[P@]1(c2ccccc2)c2ccccc2C2(c3ccccc3-n3c4ccccc4c4cccc2c43)c2cc(C3=NC(c4ccc(-c5ccccc5)cc4)=NC(c4ccc(-c5ccccc5)cc4)N3)ccc21. The predicted octanol–water partition coefficient (Wildman–Crippen LogP) is 13.3. The number of hydrogen-bond acceptors (Lipinski definition) is 4. The van der Waals surface area contributed by atoms with Gasteiger partial charge in [0, 0.05) is 37.8 Å². The normalized spacial score (nSPS) is 18.6. The number of aliphatic imine (C=N–C) groups is 2. The molecule has 1 spiro atoms. The van der Waals surface area contributed by atoms with Crippen molar-refractivity contribution < 1.29 is 4.57 Å². The number of aromatic nitrogens is 1. The van der Waals surface area contributed by atoms with E-state index in [4.69, 9.17) is 9.98 Å². The van der Waals surface area contributed by atoms with Crippen molar-refractivity contribution in [2.75, 3.05) is 0 Å². The van der Waals surface area contributed by atoms with Gasteiger partial charge in [-0.15, -0.1) is 0 Å². The Bertz CT molecular complexity index is 3990. The summed E-state index contributed by atoms with van der Waals surface area (Å²) in [5.41, 5.74) is 14.3. The van der Waals surface area contributed by atoms with Crippen molar-refractivity contribution in [3.8, 4) is 27.9 Å². The van der Waals surface area contributed by atoms with Crippen LogP contribution < -0.4 is 21.2 Å². The summed E-state index contributed by atoms with van der Waals surface area (Å²) >= 11 is 0. The van der Waals surface area contributed by atoms with E-state index in [0.717, 1.165) is 93.8 Å². The second-order valence-corrected chi connectivity index (χ2v) is 21.1. The van der Waals surface area contributed by atoms with Crippen molar-refractivity contribution >= 4 is 56.5 Å². The van der Waals surface area contributed by atoms with Crippen molar-refractivity contribution in [3.05, 3.63) is 288 Å². The van der Waals surface area contributed by atoms with E-state index in [1.165, 1.54) is 10.8 Å². The number of amidine groups is 2. The van der Waals surface area contributed by atoms with E-state index in [0.29, 0.717) is 11.7 Å². The quantitative estimate of drug-likeness (QED) is 0.169. The molecule has 1 aromatic heterocycles. The third-order valence-electron chi connectivity index (χ3n) is 14.8. The Hall–Kier alpha value is -8.63. The Morgan fingerprint density at radius 2 is 0.986 bits per heavy atom. The number of para-hydroxylation sites is 3. The second kappa shape index (κ2) is 15.7. The van der Waals surface area contributed by atoms with Gasteiger partial charge in [0.15, 0.2) is 13.0 Å². The highest BCUT2D eigenvalue weighted by Gasteiger charge is 2.54. The lowest BCUT2D eigenvalue weighted by molar-refractivity contribution is 0.590. The van der Waals surface area contributed by atoms with Gasteiger partial charge in [0.1, 0.15) is 12.0 Å². The first-order chi connectivity index (χ1) is 34.6. The van der Waals surface area contributed by atoms with Crippen LogP contribution in [0.1, 0.15) is 45.1 Å². The van der Waals surface area contributed by atoms with Crippen LogP contribution in [0, 0.1) is 0 Å². The van der Waals surface area contributed by atoms with Gasteiger partial charge in [0.25, 0.3) is 0 Å². The Labute approximate surface area is 406 Å². The van der Waals surface area contributed by atoms with Gasteiger partial charge in [-0.25, -0.2) is 9.98 Å². The van der Waals surface area contributed by atoms with Crippen molar-refractivity contribution in [2.45, 2.75) is 11.6 Å². The maximum atomic E-state index is 16.8. The number of fused-ring (bicyclic) bond motifs is 11. The van der Waals surface area contributed by atoms with E-state index in [2.05, 4.69) is 210 Å². The third-order valence-corrected chi connectivity index (χ3v) is 17.9. The molecule has 3 aliphatic rings. The molecule has 3 aliphatic heterocycles. The molecule has 0 radical (unpaired) electrons. The lowest BCUT2D eigenvalue weighted by atomic mass is 9.62. The zero-order chi connectivity index (χ0) is 46.4. The van der Waals surface area contributed by atoms with Crippen LogP contribution in [0.2, 0.25) is 0 Å². The summed E-state index contributed by atoms with van der Waals surface area (Å²) in [5.74, 6) is 1.33. The molecule has 6 heteroatoms. The summed E-state index contributed by atoms with van der Waals surface area (Å²) in [7, 11) is -3.47. The van der Waals surface area contributed by atoms with Gasteiger partial charge in [-0.3, -0.25) is 0 Å². The van der Waals surface area contributed by atoms with Gasteiger partial charge < -0.3 is 14.4 Å². The van der Waals surface area contributed by atoms with Crippen LogP contribution in [0.25, 0.3) is 49.7 Å². The molecule has 0 aliphatic carbocycles. The molecule has 0 fully saturated rings. The lowest BCUT2D eigenvalue weighted by Crippen LogP contribution is -2.48. The number of nitrogens with zero attached hydrogens (tertiary/aromatic N) is 3. The van der Waals surface area contributed by atoms with Crippen molar-refractivity contribution in [1.29, 1.82) is 0 Å². The summed E-state index contributed by atoms with van der Waals surface area (Å²) in [5, 5.41) is 8.70. The first-order valence-corrected chi connectivity index (χ1v) is 25.6. The molecule has 0 amide bonds. The minimum absolute atomic E-state index is 0.442. The summed E-state index contributed by atoms with van der Waals surface area (Å²) < 4.78 is 19.2. The van der Waals surface area contributed by atoms with Crippen LogP contribution in [0.3, 0.4) is 0 Å². The number of benzene rings is 10. The Morgan fingerprint density at radius 3 is 1.73 bits per heavy atom. The first-order valence-electron chi connectivity index (χ1n) is 23.9. The molecule has 14 rings (SSSR count). The summed E-state index contributed by atoms with van der Waals surface area (Å²) in [6, 6.07) is 87.5. The number of hydrogen-bond donors (Lipinski definition) is 1. The van der Waals surface area contributed by atoms with Crippen molar-refractivity contribution in [1.82, 2.24) is 9.88 Å². The fourth-order valence-corrected chi connectivity index (χ4v) is 14.8. The predicted molar refractivity (Wildman–Crippen MR) is 288 cm³/mol. The van der Waals surface area contributed by atoms with Gasteiger partial charge >= 0.3 is 0 Å². The summed E-state index contributed by atoms with van der Waals surface area (Å²) in [6.07, 6.45) is -0.442. The van der Waals surface area contributed by atoms with E-state index >= 15 is 4.57 Å². The van der Waals surface area contributed by atoms with E-state index in [-0.39, 0.29) is 0 Å². The van der Waals surface area contributed by atoms with Crippen LogP contribution in [0.4, 0.5) is 0 Å². The molecule has 0 saturated heterocycles. The average molecular weight is 915 g/mol. The summed E-state index contributed by atoms with van der Waals surface area (Å²) in [4.78, 5) is 10.8. The Kier molecular flexibility index (Phi) is 9.08. The molecule has 2 unspecified atom stereocenters. The maximum Gasteiger partial charge on any atom is 0.171 e. The van der Waals surface area contributed by atoms with E-state index in [1.807, 2.05) is 48.5 Å². The second-order valence-electron chi connectivity index (χ2n) is 18.4. The number of rotatable bonds is 6. The Balaban J connectivity index is 1.02. The monoisotopic (exact) mass is 914 g/mol. The molecule has 70 heavy (non-hydrogen) atoms. The molecule has 1 N–H and O–H groups in total. The highest BCUT2D eigenvalue weighted by atomic mass is 31.2. The van der Waals surface area contributed by atoms with Crippen LogP contribution in [0.15, 0.2) is 259 Å². The molecule has 0 saturated carbocycles. The third kappa shape index (κ3) is 5.89. The minimum Gasteiger partial charge on any atom is -0.344 e. The van der Waals surface area contributed by atoms with Gasteiger partial charge in [0.2, 0.25) is 0 Å². The van der Waals surface area contributed by atoms with Crippen LogP contribution >= 0.6 is 7.14 Å². The smallest absolute Gasteiger partial charge is 0.171 e. The highest BCUT2D eigenvalue weighted by Crippen LogP contribution is 2.60. The van der Waals surface area contributed by atoms with Gasteiger partial charge in [-0.1, -0.05) is 224 Å². The number of nitrogens with one attached hydrogen (secondary N) is 1. The lowest BCUT2D eigenvalue weighted by Gasteiger charge is -2.47. The fraction of sp³-hybridized carbons (Fsp3) is 0.0312. The maximum absolute atomic E-state index is 16.8. The molecule has 4 heterocycles. The Morgan fingerprint density at radius 1 is 0.443 bits per heavy atom. The fourth-order valence-electron chi connectivity index (χ4n) is 11.6. The molecule has 11 aromatic rings. The van der Waals surface area contributed by atoms with Crippen LogP contribution in [-0.2, 0) is 9.98 Å². The molecular formula is C64H43N4OP. The largest absolute Gasteiger partial charge is 0.344 e. The zero-order valence-electron chi connectivity index (χ0n) is 37.9. The topological polar surface area (TPSA) is 58.8 Å². The zero-order valence-corrected chi connectivity index (χ0v) is 38.8. The first kappa shape index (κ1) is 40.4. The van der Waals surface area contributed by atoms with E-state index < -0.39 is 18.7 Å². The van der Waals surface area contributed by atoms with Crippen LogP contribution in [-0.4, -0.2) is 16.2 Å². The molecular weight excluding hydrogens is 872 g/mol. The standard InChI is InChI=1S/C64H43N4OP/c69-70(49-21-8-3-9-22-49)58-30-15-12-26-53(58)64(52-25-11-14-29-57(52)68-56-28-13-10-23-50(56)51-24-16-27-54(64)60(51)68)55-41-48(39-40-59(55)70)63-66-61(46-35-31-44(32-36-46)42-17-4-1-5-18-42)65-62(67-63)47-37-33-45(34-38-47)43-19-6-2-7-20-43/h1-41,61H,(H,65,66,67)/t61?,64?,70-/m1/s1. The van der Waals surface area contributed by atoms with E-state index in [1.54, 1.807) is 0 Å². The van der Waals surface area contributed by atoms with Crippen LogP contribution in [0.5, 0.6) is 0 Å². The van der Waals surface area contributed by atoms with Gasteiger partial charge in [0.05, 0.1) is 22.1 Å².